The van der Waals surface area contributed by atoms with Gasteiger partial charge in [0.25, 0.3) is 0 Å². The number of benzene rings is 1. The largest absolute Gasteiger partial charge is 0.497 e. The number of fused-ring (bicyclic) bond motifs is 2. The highest BCUT2D eigenvalue weighted by atomic mass is 16.5. The Morgan fingerprint density at radius 1 is 1.22 bits per heavy atom. The van der Waals surface area contributed by atoms with E-state index in [0.717, 1.165) is 17.7 Å². The van der Waals surface area contributed by atoms with Gasteiger partial charge in [0.05, 0.1) is 13.0 Å². The molecular formula is C15H16O3. The fourth-order valence-electron chi connectivity index (χ4n) is 3.44. The minimum atomic E-state index is -0.673. The minimum Gasteiger partial charge on any atom is -0.497 e. The molecule has 0 saturated heterocycles. The van der Waals surface area contributed by atoms with Crippen molar-refractivity contribution in [2.75, 3.05) is 7.11 Å². The molecule has 1 aromatic rings. The summed E-state index contributed by atoms with van der Waals surface area (Å²) in [5.41, 5.74) is 1.11. The van der Waals surface area contributed by atoms with E-state index < -0.39 is 5.97 Å². The Bertz CT molecular complexity index is 489. The fourth-order valence-corrected chi connectivity index (χ4v) is 3.44. The molecule has 0 unspecified atom stereocenters. The van der Waals surface area contributed by atoms with Crippen LogP contribution >= 0.6 is 0 Å². The van der Waals surface area contributed by atoms with Crippen LogP contribution in [-0.4, -0.2) is 18.2 Å². The van der Waals surface area contributed by atoms with Gasteiger partial charge in [-0.3, -0.25) is 4.79 Å². The molecule has 1 saturated carbocycles. The van der Waals surface area contributed by atoms with Gasteiger partial charge in [0.15, 0.2) is 0 Å². The van der Waals surface area contributed by atoms with E-state index in [1.165, 1.54) is 0 Å². The number of aliphatic carboxylic acids is 1. The van der Waals surface area contributed by atoms with E-state index in [9.17, 15) is 9.90 Å². The summed E-state index contributed by atoms with van der Waals surface area (Å²) in [5.74, 6) is 0.567. The van der Waals surface area contributed by atoms with Crippen molar-refractivity contribution >= 4 is 5.97 Å². The van der Waals surface area contributed by atoms with Crippen LogP contribution in [0.4, 0.5) is 0 Å². The Morgan fingerprint density at radius 3 is 2.50 bits per heavy atom. The van der Waals surface area contributed by atoms with Crippen molar-refractivity contribution in [3.8, 4) is 5.75 Å². The summed E-state index contributed by atoms with van der Waals surface area (Å²) in [6, 6.07) is 7.80. The molecule has 1 N–H and O–H groups in total. The highest BCUT2D eigenvalue weighted by Gasteiger charge is 2.48. The van der Waals surface area contributed by atoms with Gasteiger partial charge in [-0.1, -0.05) is 24.3 Å². The van der Waals surface area contributed by atoms with Gasteiger partial charge in [-0.25, -0.2) is 0 Å². The molecule has 0 aliphatic heterocycles. The summed E-state index contributed by atoms with van der Waals surface area (Å²) in [6.45, 7) is 0. The number of methoxy groups -OCH3 is 1. The zero-order valence-corrected chi connectivity index (χ0v) is 10.2. The highest BCUT2D eigenvalue weighted by molar-refractivity contribution is 5.73. The number of hydrogen-bond donors (Lipinski definition) is 1. The summed E-state index contributed by atoms with van der Waals surface area (Å²) in [7, 11) is 1.63. The van der Waals surface area contributed by atoms with Gasteiger partial charge in [-0.2, -0.15) is 0 Å². The SMILES string of the molecule is COc1ccc([C@@H]2[C@@H](C(=O)O)[C@H]3C=C[C@@H]2C3)cc1. The van der Waals surface area contributed by atoms with E-state index in [4.69, 9.17) is 4.74 Å². The second-order valence-corrected chi connectivity index (χ2v) is 5.11. The van der Waals surface area contributed by atoms with Crippen molar-refractivity contribution in [1.82, 2.24) is 0 Å². The number of ether oxygens (including phenoxy) is 1. The first-order valence-corrected chi connectivity index (χ1v) is 6.26. The predicted molar refractivity (Wildman–Crippen MR) is 67.6 cm³/mol. The normalized spacial score (nSPS) is 32.7. The molecule has 3 heteroatoms. The topological polar surface area (TPSA) is 46.5 Å². The summed E-state index contributed by atoms with van der Waals surface area (Å²) in [5, 5.41) is 9.41. The predicted octanol–water partition coefficient (Wildman–Crippen LogP) is 2.69. The second kappa shape index (κ2) is 4.16. The molecule has 2 aliphatic carbocycles. The monoisotopic (exact) mass is 244 g/mol. The van der Waals surface area contributed by atoms with Crippen LogP contribution in [0.3, 0.4) is 0 Å². The first-order chi connectivity index (χ1) is 8.70. The number of carboxylic acids is 1. The van der Waals surface area contributed by atoms with Crippen LogP contribution < -0.4 is 4.74 Å². The van der Waals surface area contributed by atoms with Gasteiger partial charge < -0.3 is 9.84 Å². The van der Waals surface area contributed by atoms with Gasteiger partial charge in [0.1, 0.15) is 5.75 Å². The average molecular weight is 244 g/mol. The first-order valence-electron chi connectivity index (χ1n) is 6.26. The van der Waals surface area contributed by atoms with Crippen LogP contribution in [0, 0.1) is 17.8 Å². The lowest BCUT2D eigenvalue weighted by Crippen LogP contribution is -2.25. The molecule has 94 valence electrons. The van der Waals surface area contributed by atoms with E-state index >= 15 is 0 Å². The van der Waals surface area contributed by atoms with Gasteiger partial charge in [-0.05, 0) is 36.0 Å². The zero-order valence-electron chi connectivity index (χ0n) is 10.2. The van der Waals surface area contributed by atoms with Crippen molar-refractivity contribution in [2.24, 2.45) is 17.8 Å². The smallest absolute Gasteiger partial charge is 0.307 e. The molecule has 0 heterocycles. The van der Waals surface area contributed by atoms with Crippen LogP contribution in [-0.2, 0) is 4.79 Å². The van der Waals surface area contributed by atoms with E-state index in [0.29, 0.717) is 5.92 Å². The zero-order chi connectivity index (χ0) is 12.7. The highest BCUT2D eigenvalue weighted by Crippen LogP contribution is 2.53. The third-order valence-electron chi connectivity index (χ3n) is 4.25. The Hall–Kier alpha value is -1.77. The number of rotatable bonds is 3. The molecule has 2 aliphatic rings. The maximum Gasteiger partial charge on any atom is 0.307 e. The van der Waals surface area contributed by atoms with Crippen molar-refractivity contribution in [2.45, 2.75) is 12.3 Å². The molecule has 0 radical (unpaired) electrons. The van der Waals surface area contributed by atoms with E-state index in [1.807, 2.05) is 24.3 Å². The van der Waals surface area contributed by atoms with Gasteiger partial charge >= 0.3 is 5.97 Å². The van der Waals surface area contributed by atoms with Crippen LogP contribution in [0.2, 0.25) is 0 Å². The molecule has 18 heavy (non-hydrogen) atoms. The van der Waals surface area contributed by atoms with Crippen molar-refractivity contribution in [3.63, 3.8) is 0 Å². The third kappa shape index (κ3) is 1.62. The average Bonchev–Trinajstić information content (AvgIpc) is 2.99. The maximum absolute atomic E-state index is 11.4. The second-order valence-electron chi connectivity index (χ2n) is 5.11. The molecule has 0 amide bonds. The lowest BCUT2D eigenvalue weighted by atomic mass is 9.78. The number of carbonyl (C=O) groups is 1. The quantitative estimate of drug-likeness (QED) is 0.831. The van der Waals surface area contributed by atoms with Gasteiger partial charge in [0, 0.05) is 5.92 Å². The molecule has 0 aromatic heterocycles. The first kappa shape index (κ1) is 11.3. The Labute approximate surface area is 106 Å². The lowest BCUT2D eigenvalue weighted by Gasteiger charge is -2.25. The van der Waals surface area contributed by atoms with Crippen LogP contribution in [0.1, 0.15) is 17.9 Å². The van der Waals surface area contributed by atoms with Crippen molar-refractivity contribution in [1.29, 1.82) is 0 Å². The summed E-state index contributed by atoms with van der Waals surface area (Å²) >= 11 is 0. The number of allylic oxidation sites excluding steroid dienone is 2. The Morgan fingerprint density at radius 2 is 1.89 bits per heavy atom. The number of hydrogen-bond acceptors (Lipinski definition) is 2. The summed E-state index contributed by atoms with van der Waals surface area (Å²) in [4.78, 5) is 11.4. The minimum absolute atomic E-state index is 0.114. The fraction of sp³-hybridized carbons (Fsp3) is 0.400. The molecule has 3 rings (SSSR count). The molecule has 3 nitrogen and oxygen atoms in total. The molecule has 1 fully saturated rings. The summed E-state index contributed by atoms with van der Waals surface area (Å²) < 4.78 is 5.14. The van der Waals surface area contributed by atoms with E-state index in [2.05, 4.69) is 12.2 Å². The Kier molecular flexibility index (Phi) is 2.62. The van der Waals surface area contributed by atoms with Crippen molar-refractivity contribution < 1.29 is 14.6 Å². The molecule has 2 bridgehead atoms. The third-order valence-corrected chi connectivity index (χ3v) is 4.25. The van der Waals surface area contributed by atoms with E-state index in [1.54, 1.807) is 7.11 Å². The molecule has 4 atom stereocenters. The van der Waals surface area contributed by atoms with Crippen LogP contribution in [0.25, 0.3) is 0 Å². The lowest BCUT2D eigenvalue weighted by molar-refractivity contribution is -0.143. The standard InChI is InChI=1S/C15H16O3/c1-18-12-6-4-9(5-7-12)13-10-2-3-11(8-10)14(13)15(16)17/h2-7,10-11,13-14H,8H2,1H3,(H,16,17)/t10-,11+,13+,14+/m1/s1. The van der Waals surface area contributed by atoms with Gasteiger partial charge in [0.2, 0.25) is 0 Å². The van der Waals surface area contributed by atoms with E-state index in [-0.39, 0.29) is 17.8 Å². The van der Waals surface area contributed by atoms with Crippen LogP contribution in [0.5, 0.6) is 5.75 Å². The number of carboxylic acid groups (broad SMARTS) is 1. The maximum atomic E-state index is 11.4. The molecule has 0 spiro atoms. The van der Waals surface area contributed by atoms with Crippen LogP contribution in [0.15, 0.2) is 36.4 Å². The van der Waals surface area contributed by atoms with Gasteiger partial charge in [-0.15, -0.1) is 0 Å². The Balaban J connectivity index is 1.94. The molecular weight excluding hydrogens is 228 g/mol. The van der Waals surface area contributed by atoms with Crippen molar-refractivity contribution in [3.05, 3.63) is 42.0 Å². The molecule has 1 aromatic carbocycles. The summed E-state index contributed by atoms with van der Waals surface area (Å²) in [6.07, 6.45) is 5.23.